The second-order valence-corrected chi connectivity index (χ2v) is 13.6. The molecule has 3 aliphatic carbocycles. The normalized spacial score (nSPS) is 49.6. The molecule has 0 radical (unpaired) electrons. The molecule has 12 unspecified atom stereocenters. The quantitative estimate of drug-likeness (QED) is 0.142. The lowest BCUT2D eigenvalue weighted by molar-refractivity contribution is -0.431. The van der Waals surface area contributed by atoms with Crippen molar-refractivity contribution in [2.24, 2.45) is 17.8 Å². The van der Waals surface area contributed by atoms with Crippen molar-refractivity contribution in [1.29, 1.82) is 0 Å². The average molecular weight is 591 g/mol. The molecule has 6 aliphatic rings. The van der Waals surface area contributed by atoms with Crippen LogP contribution in [0.4, 0.5) is 0 Å². The number of epoxide rings is 1. The molecule has 0 aromatic rings. The number of hydrogen-bond donors (Lipinski definition) is 3. The van der Waals surface area contributed by atoms with Crippen molar-refractivity contribution in [2.45, 2.75) is 139 Å². The summed E-state index contributed by atoms with van der Waals surface area (Å²) in [5.41, 5.74) is -5.82. The van der Waals surface area contributed by atoms with Crippen LogP contribution < -0.4 is 0 Å². The molecule has 42 heavy (non-hydrogen) atoms. The number of hydrogen-bond acceptors (Lipinski definition) is 10. The van der Waals surface area contributed by atoms with Gasteiger partial charge in [-0.15, -0.1) is 0 Å². The van der Waals surface area contributed by atoms with E-state index in [1.54, 1.807) is 19.9 Å². The molecule has 3 saturated heterocycles. The summed E-state index contributed by atoms with van der Waals surface area (Å²) in [4.78, 5) is 26.2. The number of ether oxygens (including phenoxy) is 5. The Kier molecular flexibility index (Phi) is 7.18. The summed E-state index contributed by atoms with van der Waals surface area (Å²) in [6, 6.07) is 0. The summed E-state index contributed by atoms with van der Waals surface area (Å²) in [5, 5.41) is 34.5. The Balaban J connectivity index is 1.49. The minimum Gasteiger partial charge on any atom is -0.459 e. The largest absolute Gasteiger partial charge is 0.459 e. The molecule has 0 spiro atoms. The molecule has 6 rings (SSSR count). The van der Waals surface area contributed by atoms with Crippen molar-refractivity contribution < 1.29 is 48.6 Å². The summed E-state index contributed by atoms with van der Waals surface area (Å²) < 4.78 is 32.8. The smallest absolute Gasteiger partial charge is 0.303 e. The first-order chi connectivity index (χ1) is 19.8. The van der Waals surface area contributed by atoms with Crippen LogP contribution in [0.2, 0.25) is 0 Å². The topological polar surface area (TPSA) is 144 Å². The van der Waals surface area contributed by atoms with Crippen LogP contribution in [-0.4, -0.2) is 86.5 Å². The van der Waals surface area contributed by atoms with Crippen molar-refractivity contribution in [1.82, 2.24) is 0 Å². The molecule has 5 fully saturated rings. The number of esters is 1. The molecular formula is C32H46O10. The van der Waals surface area contributed by atoms with E-state index in [1.165, 1.54) is 26.2 Å². The highest BCUT2D eigenvalue weighted by atomic mass is 16.9. The summed E-state index contributed by atoms with van der Waals surface area (Å²) in [5.74, 6) is -5.13. The van der Waals surface area contributed by atoms with Gasteiger partial charge in [0.05, 0.1) is 12.2 Å². The van der Waals surface area contributed by atoms with Gasteiger partial charge < -0.3 is 39.0 Å². The molecule has 10 heteroatoms. The third-order valence-electron chi connectivity index (χ3n) is 11.2. The number of fused-ring (bicyclic) bond motifs is 3. The number of Topliss-reactive ketones (excluding diaryl/α,β-unsaturated/α-hetero) is 1. The summed E-state index contributed by atoms with van der Waals surface area (Å²) in [7, 11) is 0. The highest BCUT2D eigenvalue weighted by Crippen LogP contribution is 2.73. The monoisotopic (exact) mass is 590 g/mol. The Bertz CT molecular complexity index is 1200. The zero-order valence-corrected chi connectivity index (χ0v) is 25.4. The van der Waals surface area contributed by atoms with Gasteiger partial charge in [0.25, 0.3) is 5.97 Å². The van der Waals surface area contributed by atoms with Crippen LogP contribution in [0.25, 0.3) is 0 Å². The molecule has 0 aromatic heterocycles. The van der Waals surface area contributed by atoms with Gasteiger partial charge in [-0.1, -0.05) is 65.0 Å². The van der Waals surface area contributed by atoms with Gasteiger partial charge in [-0.3, -0.25) is 9.59 Å². The first-order valence-corrected chi connectivity index (χ1v) is 15.7. The van der Waals surface area contributed by atoms with Crippen LogP contribution in [0, 0.1) is 17.8 Å². The van der Waals surface area contributed by atoms with Crippen LogP contribution in [0.3, 0.4) is 0 Å². The standard InChI is InChI=1S/C32H46O10/c1-7-8-9-10-11-12-13-14-29-40-26-22-25-28(16-33,39-25)27(36)30(37)21(15-18(4)23(30)35)32(22,42-29)19(5)24(38-20(6)34)31(26,41-29)17(2)3/h15,19,21-22,24-27,33,36-37H,2,7-14,16H2,1,3-6H3. The molecule has 10 nitrogen and oxygen atoms in total. The maximum atomic E-state index is 13.7. The Hall–Kier alpha value is -1.66. The Morgan fingerprint density at radius 3 is 2.36 bits per heavy atom. The fourth-order valence-electron chi connectivity index (χ4n) is 9.22. The van der Waals surface area contributed by atoms with Crippen molar-refractivity contribution in [3.63, 3.8) is 0 Å². The molecule has 0 amide bonds. The van der Waals surface area contributed by atoms with Gasteiger partial charge in [-0.05, 0) is 31.4 Å². The number of unbranched alkanes of at least 4 members (excludes halogenated alkanes) is 6. The van der Waals surface area contributed by atoms with Gasteiger partial charge in [0.2, 0.25) is 0 Å². The Labute approximate surface area is 247 Å². The van der Waals surface area contributed by atoms with Gasteiger partial charge in [-0.2, -0.15) is 0 Å². The second-order valence-electron chi connectivity index (χ2n) is 13.6. The third-order valence-corrected chi connectivity index (χ3v) is 11.2. The molecule has 2 saturated carbocycles. The van der Waals surface area contributed by atoms with Crippen molar-refractivity contribution in [2.75, 3.05) is 6.61 Å². The van der Waals surface area contributed by atoms with E-state index in [0.29, 0.717) is 12.0 Å². The number of ketones is 1. The highest BCUT2D eigenvalue weighted by molar-refractivity contribution is 6.05. The van der Waals surface area contributed by atoms with Crippen LogP contribution in [0.5, 0.6) is 0 Å². The lowest BCUT2D eigenvalue weighted by atomic mass is 9.53. The van der Waals surface area contributed by atoms with Crippen molar-refractivity contribution in [3.8, 4) is 0 Å². The minimum absolute atomic E-state index is 0.277. The third kappa shape index (κ3) is 3.63. The number of aliphatic hydroxyl groups is 3. The maximum absolute atomic E-state index is 13.7. The van der Waals surface area contributed by atoms with Gasteiger partial charge in [0.1, 0.15) is 30.0 Å². The fraction of sp³-hybridized carbons (Fsp3) is 0.812. The van der Waals surface area contributed by atoms with E-state index in [9.17, 15) is 24.9 Å². The number of carbonyl (C=O) groups excluding carboxylic acids is 2. The van der Waals surface area contributed by atoms with Crippen LogP contribution in [0.1, 0.15) is 86.0 Å². The SMILES string of the molecule is C=C(C)C12OC3(CCCCCCCCC)OC1C1C4OC4(CO)C(O)C4(O)C(=O)C(C)=CC4C1(O3)C(C)C2OC(C)=O. The summed E-state index contributed by atoms with van der Waals surface area (Å²) in [6.45, 7) is 12.4. The molecular weight excluding hydrogens is 544 g/mol. The first-order valence-electron chi connectivity index (χ1n) is 15.7. The predicted molar refractivity (Wildman–Crippen MR) is 149 cm³/mol. The van der Waals surface area contributed by atoms with E-state index >= 15 is 0 Å². The first kappa shape index (κ1) is 30.4. The van der Waals surface area contributed by atoms with E-state index in [1.807, 2.05) is 6.92 Å². The molecule has 3 bridgehead atoms. The van der Waals surface area contributed by atoms with Crippen molar-refractivity contribution in [3.05, 3.63) is 23.8 Å². The van der Waals surface area contributed by atoms with Crippen LogP contribution >= 0.6 is 0 Å². The van der Waals surface area contributed by atoms with Crippen molar-refractivity contribution >= 4 is 11.8 Å². The fourth-order valence-corrected chi connectivity index (χ4v) is 9.22. The van der Waals surface area contributed by atoms with Crippen LogP contribution in [-0.2, 0) is 33.3 Å². The van der Waals surface area contributed by atoms with Gasteiger partial charge in [0.15, 0.2) is 17.0 Å². The molecule has 3 N–H and O–H groups in total. The average Bonchev–Trinajstić information content (AvgIpc) is 3.57. The lowest BCUT2D eigenvalue weighted by Crippen LogP contribution is -2.76. The second kappa shape index (κ2) is 9.92. The highest BCUT2D eigenvalue weighted by Gasteiger charge is 2.90. The minimum atomic E-state index is -2.34. The molecule has 234 valence electrons. The Morgan fingerprint density at radius 2 is 1.74 bits per heavy atom. The summed E-state index contributed by atoms with van der Waals surface area (Å²) >= 11 is 0. The van der Waals surface area contributed by atoms with E-state index in [-0.39, 0.29) is 5.57 Å². The van der Waals surface area contributed by atoms with Gasteiger partial charge >= 0.3 is 5.97 Å². The molecule has 3 aliphatic heterocycles. The molecule has 0 aromatic carbocycles. The predicted octanol–water partition coefficient (Wildman–Crippen LogP) is 2.86. The maximum Gasteiger partial charge on any atom is 0.303 e. The Morgan fingerprint density at radius 1 is 1.07 bits per heavy atom. The lowest BCUT2D eigenvalue weighted by Gasteiger charge is -2.61. The van der Waals surface area contributed by atoms with E-state index in [4.69, 9.17) is 23.7 Å². The van der Waals surface area contributed by atoms with E-state index in [2.05, 4.69) is 13.5 Å². The zero-order valence-electron chi connectivity index (χ0n) is 25.4. The molecule has 3 heterocycles. The van der Waals surface area contributed by atoms with E-state index in [0.717, 1.165) is 25.7 Å². The zero-order chi connectivity index (χ0) is 30.5. The number of aliphatic hydroxyl groups excluding tert-OH is 2. The van der Waals surface area contributed by atoms with Gasteiger partial charge in [-0.25, -0.2) is 0 Å². The number of rotatable bonds is 11. The van der Waals surface area contributed by atoms with Crippen LogP contribution in [0.15, 0.2) is 23.8 Å². The van der Waals surface area contributed by atoms with E-state index < -0.39 is 88.9 Å². The van der Waals surface area contributed by atoms with Gasteiger partial charge in [0, 0.05) is 31.1 Å². The number of carbonyl (C=O) groups is 2. The molecule has 12 atom stereocenters. The summed E-state index contributed by atoms with van der Waals surface area (Å²) in [6.07, 6.45) is 5.20.